The standard InChI is InChI=1S/C17H30N2/c1-5-6-10-13-19(15(2)3)14-17(4,18)16-11-8-7-9-12-16/h7-9,11-12,15H,5-6,10,13-14,18H2,1-4H3. The van der Waals surface area contributed by atoms with Crippen molar-refractivity contribution in [1.29, 1.82) is 0 Å². The molecule has 2 nitrogen and oxygen atoms in total. The number of hydrogen-bond donors (Lipinski definition) is 1. The van der Waals surface area contributed by atoms with Crippen LogP contribution in [-0.4, -0.2) is 24.0 Å². The molecule has 0 saturated heterocycles. The molecule has 0 heterocycles. The fraction of sp³-hybridized carbons (Fsp3) is 0.647. The molecule has 0 bridgehead atoms. The molecule has 1 unspecified atom stereocenters. The predicted octanol–water partition coefficient (Wildman–Crippen LogP) is 3.76. The number of nitrogens with two attached hydrogens (primary N) is 1. The van der Waals surface area contributed by atoms with Crippen molar-refractivity contribution in [1.82, 2.24) is 4.90 Å². The van der Waals surface area contributed by atoms with Crippen molar-refractivity contribution >= 4 is 0 Å². The van der Waals surface area contributed by atoms with Crippen molar-refractivity contribution in [3.63, 3.8) is 0 Å². The maximum Gasteiger partial charge on any atom is 0.0510 e. The van der Waals surface area contributed by atoms with E-state index in [4.69, 9.17) is 5.73 Å². The van der Waals surface area contributed by atoms with E-state index in [1.807, 2.05) is 6.07 Å². The van der Waals surface area contributed by atoms with Gasteiger partial charge in [0.15, 0.2) is 0 Å². The number of benzene rings is 1. The fourth-order valence-electron chi connectivity index (χ4n) is 2.42. The van der Waals surface area contributed by atoms with Crippen molar-refractivity contribution in [2.24, 2.45) is 5.73 Å². The molecule has 0 fully saturated rings. The summed E-state index contributed by atoms with van der Waals surface area (Å²) in [6, 6.07) is 11.0. The highest BCUT2D eigenvalue weighted by Crippen LogP contribution is 2.20. The van der Waals surface area contributed by atoms with Crippen molar-refractivity contribution in [2.45, 2.75) is 58.5 Å². The molecule has 1 rings (SSSR count). The molecule has 0 radical (unpaired) electrons. The van der Waals surface area contributed by atoms with Gasteiger partial charge < -0.3 is 5.73 Å². The summed E-state index contributed by atoms with van der Waals surface area (Å²) in [5, 5.41) is 0. The summed E-state index contributed by atoms with van der Waals surface area (Å²) in [4.78, 5) is 2.50. The highest BCUT2D eigenvalue weighted by molar-refractivity contribution is 5.23. The predicted molar refractivity (Wildman–Crippen MR) is 84.2 cm³/mol. The quantitative estimate of drug-likeness (QED) is 0.723. The Kier molecular flexibility index (Phi) is 6.53. The SMILES string of the molecule is CCCCCN(CC(C)(N)c1ccccc1)C(C)C. The van der Waals surface area contributed by atoms with Crippen molar-refractivity contribution in [3.05, 3.63) is 35.9 Å². The van der Waals surface area contributed by atoms with Gasteiger partial charge in [-0.15, -0.1) is 0 Å². The average molecular weight is 262 g/mol. The lowest BCUT2D eigenvalue weighted by molar-refractivity contribution is 0.173. The lowest BCUT2D eigenvalue weighted by Gasteiger charge is -2.35. The molecule has 2 heteroatoms. The highest BCUT2D eigenvalue weighted by Gasteiger charge is 2.25. The van der Waals surface area contributed by atoms with Gasteiger partial charge in [-0.05, 0) is 39.3 Å². The fourth-order valence-corrected chi connectivity index (χ4v) is 2.42. The van der Waals surface area contributed by atoms with Crippen molar-refractivity contribution in [2.75, 3.05) is 13.1 Å². The lowest BCUT2D eigenvalue weighted by Crippen LogP contribution is -2.48. The van der Waals surface area contributed by atoms with E-state index >= 15 is 0 Å². The molecule has 108 valence electrons. The van der Waals surface area contributed by atoms with Crippen LogP contribution in [0, 0.1) is 0 Å². The molecule has 2 N–H and O–H groups in total. The normalized spacial score (nSPS) is 14.9. The summed E-state index contributed by atoms with van der Waals surface area (Å²) < 4.78 is 0. The monoisotopic (exact) mass is 262 g/mol. The first-order valence-corrected chi connectivity index (χ1v) is 7.56. The second kappa shape index (κ2) is 7.66. The first-order valence-electron chi connectivity index (χ1n) is 7.56. The summed E-state index contributed by atoms with van der Waals surface area (Å²) in [6.45, 7) is 11.0. The molecule has 0 aliphatic carbocycles. The van der Waals surface area contributed by atoms with Crippen LogP contribution in [0.5, 0.6) is 0 Å². The molecular formula is C17H30N2. The summed E-state index contributed by atoms with van der Waals surface area (Å²) in [5.74, 6) is 0. The molecule has 1 aromatic carbocycles. The van der Waals surface area contributed by atoms with Gasteiger partial charge in [0.2, 0.25) is 0 Å². The van der Waals surface area contributed by atoms with Gasteiger partial charge in [0.25, 0.3) is 0 Å². The van der Waals surface area contributed by atoms with E-state index in [9.17, 15) is 0 Å². The first kappa shape index (κ1) is 16.2. The van der Waals surface area contributed by atoms with Gasteiger partial charge >= 0.3 is 0 Å². The third-order valence-electron chi connectivity index (χ3n) is 3.74. The number of rotatable bonds is 8. The van der Waals surface area contributed by atoms with E-state index in [-0.39, 0.29) is 5.54 Å². The second-order valence-corrected chi connectivity index (χ2v) is 6.05. The molecule has 1 aromatic rings. The molecule has 1 atom stereocenters. The van der Waals surface area contributed by atoms with E-state index in [0.717, 1.165) is 13.1 Å². The Morgan fingerprint density at radius 1 is 1.16 bits per heavy atom. The Balaban J connectivity index is 2.67. The minimum absolute atomic E-state index is 0.280. The van der Waals surface area contributed by atoms with E-state index in [1.54, 1.807) is 0 Å². The number of unbranched alkanes of at least 4 members (excludes halogenated alkanes) is 2. The van der Waals surface area contributed by atoms with Gasteiger partial charge in [-0.25, -0.2) is 0 Å². The smallest absolute Gasteiger partial charge is 0.0510 e. The summed E-state index contributed by atoms with van der Waals surface area (Å²) >= 11 is 0. The molecule has 19 heavy (non-hydrogen) atoms. The zero-order chi connectivity index (χ0) is 14.3. The lowest BCUT2D eigenvalue weighted by atomic mass is 9.92. The Hall–Kier alpha value is -0.860. The molecular weight excluding hydrogens is 232 g/mol. The molecule has 0 spiro atoms. The van der Waals surface area contributed by atoms with E-state index < -0.39 is 0 Å². The van der Waals surface area contributed by atoms with Crippen LogP contribution in [0.2, 0.25) is 0 Å². The Morgan fingerprint density at radius 3 is 2.32 bits per heavy atom. The molecule has 0 aliphatic heterocycles. The average Bonchev–Trinajstić information content (AvgIpc) is 2.38. The van der Waals surface area contributed by atoms with Crippen LogP contribution in [0.15, 0.2) is 30.3 Å². The van der Waals surface area contributed by atoms with Crippen LogP contribution in [0.3, 0.4) is 0 Å². The van der Waals surface area contributed by atoms with E-state index in [0.29, 0.717) is 6.04 Å². The van der Waals surface area contributed by atoms with E-state index in [1.165, 1.54) is 24.8 Å². The number of hydrogen-bond acceptors (Lipinski definition) is 2. The highest BCUT2D eigenvalue weighted by atomic mass is 15.2. The summed E-state index contributed by atoms with van der Waals surface area (Å²) in [7, 11) is 0. The van der Waals surface area contributed by atoms with Gasteiger partial charge in [0, 0.05) is 12.6 Å². The molecule has 0 aliphatic rings. The second-order valence-electron chi connectivity index (χ2n) is 6.05. The van der Waals surface area contributed by atoms with Crippen LogP contribution in [-0.2, 0) is 5.54 Å². The van der Waals surface area contributed by atoms with Crippen molar-refractivity contribution in [3.8, 4) is 0 Å². The first-order chi connectivity index (χ1) is 8.97. The van der Waals surface area contributed by atoms with Gasteiger partial charge in [-0.2, -0.15) is 0 Å². The van der Waals surface area contributed by atoms with Gasteiger partial charge in [-0.1, -0.05) is 50.1 Å². The van der Waals surface area contributed by atoms with Crippen molar-refractivity contribution < 1.29 is 0 Å². The largest absolute Gasteiger partial charge is 0.321 e. The minimum Gasteiger partial charge on any atom is -0.321 e. The summed E-state index contributed by atoms with van der Waals surface area (Å²) in [5.41, 5.74) is 7.48. The maximum atomic E-state index is 6.54. The third-order valence-corrected chi connectivity index (χ3v) is 3.74. The Morgan fingerprint density at radius 2 is 1.79 bits per heavy atom. The minimum atomic E-state index is -0.280. The van der Waals surface area contributed by atoms with Gasteiger partial charge in [0.05, 0.1) is 5.54 Å². The topological polar surface area (TPSA) is 29.3 Å². The Bertz CT molecular complexity index is 344. The molecule has 0 saturated carbocycles. The zero-order valence-electron chi connectivity index (χ0n) is 13.0. The van der Waals surface area contributed by atoms with Crippen LogP contribution in [0.4, 0.5) is 0 Å². The molecule has 0 aromatic heterocycles. The van der Waals surface area contributed by atoms with E-state index in [2.05, 4.69) is 56.9 Å². The van der Waals surface area contributed by atoms with Gasteiger partial charge in [0.1, 0.15) is 0 Å². The number of nitrogens with zero attached hydrogens (tertiary/aromatic N) is 1. The zero-order valence-corrected chi connectivity index (χ0v) is 13.0. The van der Waals surface area contributed by atoms with Crippen LogP contribution in [0.25, 0.3) is 0 Å². The van der Waals surface area contributed by atoms with Crippen LogP contribution < -0.4 is 5.73 Å². The van der Waals surface area contributed by atoms with Crippen LogP contribution in [0.1, 0.15) is 52.5 Å². The Labute approximate surface area is 119 Å². The summed E-state index contributed by atoms with van der Waals surface area (Å²) in [6.07, 6.45) is 3.83. The van der Waals surface area contributed by atoms with Gasteiger partial charge in [-0.3, -0.25) is 4.90 Å². The third kappa shape index (κ3) is 5.33. The molecule has 0 amide bonds. The maximum absolute atomic E-state index is 6.54. The van der Waals surface area contributed by atoms with Crippen LogP contribution >= 0.6 is 0 Å².